The Bertz CT molecular complexity index is 568. The van der Waals surface area contributed by atoms with Crippen molar-refractivity contribution < 1.29 is 13.5 Å². The predicted octanol–water partition coefficient (Wildman–Crippen LogP) is 1.14. The van der Waals surface area contributed by atoms with E-state index >= 15 is 0 Å². The number of aliphatic hydroxyl groups excluding tert-OH is 1. The fourth-order valence-corrected chi connectivity index (χ4v) is 5.10. The second-order valence-electron chi connectivity index (χ2n) is 5.21. The van der Waals surface area contributed by atoms with Crippen LogP contribution in [0.15, 0.2) is 0 Å². The fraction of sp³-hybridized carbons (Fsp3) is 0.750. The lowest BCUT2D eigenvalue weighted by molar-refractivity contribution is 0.160. The first kappa shape index (κ1) is 13.3. The fourth-order valence-electron chi connectivity index (χ4n) is 2.65. The summed E-state index contributed by atoms with van der Waals surface area (Å²) in [5.74, 6) is 0.483. The molecule has 3 rings (SSSR count). The number of hydrogen-bond donors (Lipinski definition) is 1. The van der Waals surface area contributed by atoms with Crippen molar-refractivity contribution in [1.29, 1.82) is 0 Å². The zero-order chi connectivity index (χ0) is 13.5. The van der Waals surface area contributed by atoms with E-state index < -0.39 is 9.84 Å². The summed E-state index contributed by atoms with van der Waals surface area (Å²) in [6.45, 7) is 1.26. The van der Waals surface area contributed by atoms with Crippen LogP contribution in [-0.4, -0.2) is 43.1 Å². The van der Waals surface area contributed by atoms with E-state index in [1.807, 2.05) is 0 Å². The average Bonchev–Trinajstić information content (AvgIpc) is 2.70. The standard InChI is InChI=1S/C12H18N2O3S2/c15-10-4-1-3-9-11(10)18-12(13-9)14-5-2-7-19(16,17)8-6-14/h10,15H,1-8H2. The van der Waals surface area contributed by atoms with Crippen LogP contribution >= 0.6 is 11.3 Å². The number of sulfone groups is 1. The highest BCUT2D eigenvalue weighted by Gasteiger charge is 2.26. The highest BCUT2D eigenvalue weighted by Crippen LogP contribution is 2.37. The van der Waals surface area contributed by atoms with Crippen LogP contribution in [-0.2, 0) is 16.3 Å². The molecule has 1 unspecified atom stereocenters. The van der Waals surface area contributed by atoms with E-state index in [9.17, 15) is 13.5 Å². The van der Waals surface area contributed by atoms with E-state index in [1.54, 1.807) is 0 Å². The maximum absolute atomic E-state index is 11.6. The first-order valence-corrected chi connectivity index (χ1v) is 9.32. The SMILES string of the molecule is O=S1(=O)CCCN(c2nc3c(s2)C(O)CCC3)CC1. The Labute approximate surface area is 117 Å². The largest absolute Gasteiger partial charge is 0.388 e. The maximum Gasteiger partial charge on any atom is 0.185 e. The third-order valence-electron chi connectivity index (χ3n) is 3.74. The zero-order valence-corrected chi connectivity index (χ0v) is 12.3. The summed E-state index contributed by atoms with van der Waals surface area (Å²) in [7, 11) is -2.89. The van der Waals surface area contributed by atoms with Crippen molar-refractivity contribution in [2.45, 2.75) is 31.8 Å². The summed E-state index contributed by atoms with van der Waals surface area (Å²) in [5, 5.41) is 10.8. The zero-order valence-electron chi connectivity index (χ0n) is 10.7. The minimum absolute atomic E-state index is 0.208. The number of rotatable bonds is 1. The number of aryl methyl sites for hydroxylation is 1. The van der Waals surface area contributed by atoms with Crippen LogP contribution in [0.25, 0.3) is 0 Å². The van der Waals surface area contributed by atoms with Gasteiger partial charge in [0.05, 0.1) is 28.2 Å². The maximum atomic E-state index is 11.6. The van der Waals surface area contributed by atoms with Crippen molar-refractivity contribution in [3.63, 3.8) is 0 Å². The highest BCUT2D eigenvalue weighted by molar-refractivity contribution is 7.91. The Kier molecular flexibility index (Phi) is 3.53. The number of anilines is 1. The molecule has 1 aliphatic carbocycles. The van der Waals surface area contributed by atoms with Crippen molar-refractivity contribution in [3.8, 4) is 0 Å². The Morgan fingerprint density at radius 3 is 2.89 bits per heavy atom. The molecule has 0 saturated carbocycles. The van der Waals surface area contributed by atoms with Gasteiger partial charge in [-0.05, 0) is 25.7 Å². The second kappa shape index (κ2) is 5.03. The quantitative estimate of drug-likeness (QED) is 0.842. The van der Waals surface area contributed by atoms with Gasteiger partial charge in [0.25, 0.3) is 0 Å². The van der Waals surface area contributed by atoms with Gasteiger partial charge in [-0.2, -0.15) is 0 Å². The van der Waals surface area contributed by atoms with Gasteiger partial charge in [0, 0.05) is 13.1 Å². The molecular weight excluding hydrogens is 284 g/mol. The Morgan fingerprint density at radius 2 is 2.11 bits per heavy atom. The van der Waals surface area contributed by atoms with E-state index in [-0.39, 0.29) is 17.6 Å². The van der Waals surface area contributed by atoms with Crippen LogP contribution in [0.4, 0.5) is 5.13 Å². The van der Waals surface area contributed by atoms with Gasteiger partial charge in [0.15, 0.2) is 15.0 Å². The van der Waals surface area contributed by atoms with E-state index in [4.69, 9.17) is 0 Å². The molecule has 1 atom stereocenters. The van der Waals surface area contributed by atoms with Gasteiger partial charge < -0.3 is 10.0 Å². The minimum atomic E-state index is -2.89. The van der Waals surface area contributed by atoms with Crippen LogP contribution < -0.4 is 4.90 Å². The normalized spacial score (nSPS) is 26.8. The molecule has 0 radical (unpaired) electrons. The highest BCUT2D eigenvalue weighted by atomic mass is 32.2. The van der Waals surface area contributed by atoms with E-state index in [2.05, 4.69) is 9.88 Å². The predicted molar refractivity (Wildman–Crippen MR) is 75.5 cm³/mol. The lowest BCUT2D eigenvalue weighted by Crippen LogP contribution is -2.26. The third-order valence-corrected chi connectivity index (χ3v) is 6.71. The number of thiazole rings is 1. The van der Waals surface area contributed by atoms with Crippen molar-refractivity contribution >= 4 is 26.3 Å². The van der Waals surface area contributed by atoms with Crippen LogP contribution in [0, 0.1) is 0 Å². The third kappa shape index (κ3) is 2.78. The number of aromatic nitrogens is 1. The molecule has 2 heterocycles. The summed E-state index contributed by atoms with van der Waals surface area (Å²) in [6, 6.07) is 0. The average molecular weight is 302 g/mol. The lowest BCUT2D eigenvalue weighted by Gasteiger charge is -2.17. The molecule has 1 aliphatic heterocycles. The lowest BCUT2D eigenvalue weighted by atomic mass is 10.0. The van der Waals surface area contributed by atoms with Crippen molar-refractivity contribution in [1.82, 2.24) is 4.98 Å². The Balaban J connectivity index is 1.83. The first-order chi connectivity index (χ1) is 9.05. The molecule has 5 nitrogen and oxygen atoms in total. The Hall–Kier alpha value is -0.660. The van der Waals surface area contributed by atoms with Crippen LogP contribution in [0.1, 0.15) is 35.9 Å². The van der Waals surface area contributed by atoms with E-state index in [0.29, 0.717) is 13.0 Å². The summed E-state index contributed by atoms with van der Waals surface area (Å²) in [5.41, 5.74) is 1.01. The van der Waals surface area contributed by atoms with Gasteiger partial charge in [-0.15, -0.1) is 0 Å². The molecule has 7 heteroatoms. The second-order valence-corrected chi connectivity index (χ2v) is 8.52. The molecule has 1 aromatic heterocycles. The molecule has 1 aromatic rings. The number of nitrogens with zero attached hydrogens (tertiary/aromatic N) is 2. The van der Waals surface area contributed by atoms with Gasteiger partial charge in [-0.25, -0.2) is 13.4 Å². The first-order valence-electron chi connectivity index (χ1n) is 6.68. The van der Waals surface area contributed by atoms with Crippen LogP contribution in [0.2, 0.25) is 0 Å². The summed E-state index contributed by atoms with van der Waals surface area (Å²) < 4.78 is 23.2. The van der Waals surface area contributed by atoms with E-state index in [0.717, 1.165) is 41.5 Å². The summed E-state index contributed by atoms with van der Waals surface area (Å²) >= 11 is 1.53. The molecule has 1 N–H and O–H groups in total. The molecule has 1 saturated heterocycles. The molecule has 0 spiro atoms. The number of hydrogen-bond acceptors (Lipinski definition) is 6. The molecule has 2 aliphatic rings. The summed E-state index contributed by atoms with van der Waals surface area (Å²) in [4.78, 5) is 7.64. The minimum Gasteiger partial charge on any atom is -0.388 e. The van der Waals surface area contributed by atoms with Crippen molar-refractivity contribution in [2.24, 2.45) is 0 Å². The molecule has 0 bridgehead atoms. The molecule has 19 heavy (non-hydrogen) atoms. The smallest absolute Gasteiger partial charge is 0.185 e. The van der Waals surface area contributed by atoms with Gasteiger partial charge in [0.1, 0.15) is 0 Å². The monoisotopic (exact) mass is 302 g/mol. The topological polar surface area (TPSA) is 70.5 Å². The van der Waals surface area contributed by atoms with Crippen LogP contribution in [0.3, 0.4) is 0 Å². The van der Waals surface area contributed by atoms with Gasteiger partial charge in [-0.3, -0.25) is 0 Å². The Morgan fingerprint density at radius 1 is 1.26 bits per heavy atom. The molecule has 1 fully saturated rings. The van der Waals surface area contributed by atoms with Crippen molar-refractivity contribution in [2.75, 3.05) is 29.5 Å². The molecular formula is C12H18N2O3S2. The van der Waals surface area contributed by atoms with E-state index in [1.165, 1.54) is 11.3 Å². The van der Waals surface area contributed by atoms with Gasteiger partial charge in [-0.1, -0.05) is 11.3 Å². The summed E-state index contributed by atoms with van der Waals surface area (Å²) in [6.07, 6.45) is 2.99. The van der Waals surface area contributed by atoms with Crippen molar-refractivity contribution in [3.05, 3.63) is 10.6 Å². The van der Waals surface area contributed by atoms with Gasteiger partial charge >= 0.3 is 0 Å². The molecule has 0 aromatic carbocycles. The number of fused-ring (bicyclic) bond motifs is 1. The molecule has 106 valence electrons. The number of aliphatic hydroxyl groups is 1. The van der Waals surface area contributed by atoms with Gasteiger partial charge in [0.2, 0.25) is 0 Å². The molecule has 0 amide bonds. The van der Waals surface area contributed by atoms with Crippen LogP contribution in [0.5, 0.6) is 0 Å².